The van der Waals surface area contributed by atoms with Gasteiger partial charge in [-0.15, -0.1) is 5.10 Å². The zero-order valence-electron chi connectivity index (χ0n) is 8.34. The summed E-state index contributed by atoms with van der Waals surface area (Å²) in [6.45, 7) is -0.00503. The van der Waals surface area contributed by atoms with Crippen molar-refractivity contribution in [1.29, 1.82) is 0 Å². The number of halogens is 2. The number of aromatic nitrogens is 5. The summed E-state index contributed by atoms with van der Waals surface area (Å²) in [4.78, 5) is 15.4. The zero-order valence-corrected chi connectivity index (χ0v) is 9.85. The lowest BCUT2D eigenvalue weighted by Gasteiger charge is -2.04. The molecule has 9 heteroatoms. The lowest BCUT2D eigenvalue weighted by atomic mass is 10.4. The Balaban J connectivity index is 2.00. The molecule has 1 N–H and O–H groups in total. The Labute approximate surface area is 106 Å². The average Bonchev–Trinajstić information content (AvgIpc) is 2.76. The van der Waals surface area contributed by atoms with Crippen LogP contribution in [0.1, 0.15) is 0 Å². The second kappa shape index (κ2) is 5.07. The van der Waals surface area contributed by atoms with Crippen molar-refractivity contribution in [2.24, 2.45) is 0 Å². The van der Waals surface area contributed by atoms with E-state index in [0.29, 0.717) is 15.9 Å². The smallest absolute Gasteiger partial charge is 0.247 e. The standard InChI is InChI=1S/C8H6Cl2N6O/c9-5-1-7(11-2-6(5)10)13-8(17)3-16-4-12-14-15-16/h1-2,4H,3H2,(H,11,13,17). The van der Waals surface area contributed by atoms with Gasteiger partial charge in [-0.1, -0.05) is 23.2 Å². The van der Waals surface area contributed by atoms with Gasteiger partial charge in [-0.25, -0.2) is 9.67 Å². The summed E-state index contributed by atoms with van der Waals surface area (Å²) in [6.07, 6.45) is 2.69. The molecule has 2 heterocycles. The molecule has 0 aliphatic carbocycles. The summed E-state index contributed by atoms with van der Waals surface area (Å²) in [5.41, 5.74) is 0. The van der Waals surface area contributed by atoms with Crippen LogP contribution in [0.4, 0.5) is 5.82 Å². The van der Waals surface area contributed by atoms with Crippen LogP contribution in [0, 0.1) is 0 Å². The monoisotopic (exact) mass is 272 g/mol. The number of hydrogen-bond donors (Lipinski definition) is 1. The van der Waals surface area contributed by atoms with Crippen LogP contribution in [0.15, 0.2) is 18.6 Å². The number of pyridine rings is 1. The van der Waals surface area contributed by atoms with Crippen LogP contribution in [0.25, 0.3) is 0 Å². The van der Waals surface area contributed by atoms with Crippen LogP contribution in [-0.4, -0.2) is 31.1 Å². The fraction of sp³-hybridized carbons (Fsp3) is 0.125. The van der Waals surface area contributed by atoms with E-state index in [0.717, 1.165) is 0 Å². The minimum absolute atomic E-state index is 0.00503. The fourth-order valence-electron chi connectivity index (χ4n) is 1.06. The minimum atomic E-state index is -0.316. The van der Waals surface area contributed by atoms with Gasteiger partial charge in [-0.05, 0) is 10.4 Å². The summed E-state index contributed by atoms with van der Waals surface area (Å²) in [5.74, 6) is 0.000614. The van der Waals surface area contributed by atoms with E-state index in [9.17, 15) is 4.79 Å². The highest BCUT2D eigenvalue weighted by Crippen LogP contribution is 2.22. The normalized spacial score (nSPS) is 10.2. The molecular formula is C8H6Cl2N6O. The van der Waals surface area contributed by atoms with Gasteiger partial charge in [0.1, 0.15) is 18.7 Å². The molecule has 0 saturated heterocycles. The Morgan fingerprint density at radius 3 is 2.88 bits per heavy atom. The third kappa shape index (κ3) is 3.11. The second-order valence-electron chi connectivity index (χ2n) is 3.04. The molecule has 0 aliphatic rings. The van der Waals surface area contributed by atoms with Crippen LogP contribution in [0.2, 0.25) is 10.0 Å². The molecule has 2 rings (SSSR count). The van der Waals surface area contributed by atoms with E-state index in [2.05, 4.69) is 25.8 Å². The number of hydrogen-bond acceptors (Lipinski definition) is 5. The van der Waals surface area contributed by atoms with Crippen LogP contribution < -0.4 is 5.32 Å². The molecule has 0 bridgehead atoms. The van der Waals surface area contributed by atoms with Gasteiger partial charge in [-0.3, -0.25) is 4.79 Å². The van der Waals surface area contributed by atoms with Crippen molar-refractivity contribution in [3.05, 3.63) is 28.6 Å². The molecule has 88 valence electrons. The predicted molar refractivity (Wildman–Crippen MR) is 60.7 cm³/mol. The summed E-state index contributed by atoms with van der Waals surface area (Å²) < 4.78 is 1.28. The first-order valence-corrected chi connectivity index (χ1v) is 5.22. The van der Waals surface area contributed by atoms with E-state index in [-0.39, 0.29) is 12.5 Å². The van der Waals surface area contributed by atoms with E-state index in [1.54, 1.807) is 0 Å². The van der Waals surface area contributed by atoms with Crippen LogP contribution in [-0.2, 0) is 11.3 Å². The zero-order chi connectivity index (χ0) is 12.3. The summed E-state index contributed by atoms with van der Waals surface area (Å²) >= 11 is 11.5. The van der Waals surface area contributed by atoms with Gasteiger partial charge in [0.25, 0.3) is 0 Å². The van der Waals surface area contributed by atoms with Crippen molar-refractivity contribution in [3.8, 4) is 0 Å². The molecular weight excluding hydrogens is 267 g/mol. The molecule has 1 amide bonds. The van der Waals surface area contributed by atoms with E-state index >= 15 is 0 Å². The molecule has 0 unspecified atom stereocenters. The van der Waals surface area contributed by atoms with Crippen LogP contribution in [0.3, 0.4) is 0 Å². The first-order chi connectivity index (χ1) is 8.15. The topological polar surface area (TPSA) is 85.6 Å². The number of carbonyl (C=O) groups is 1. The van der Waals surface area contributed by atoms with Crippen LogP contribution in [0.5, 0.6) is 0 Å². The number of anilines is 1. The maximum atomic E-state index is 11.5. The minimum Gasteiger partial charge on any atom is -0.309 e. The molecule has 0 spiro atoms. The number of nitrogens with zero attached hydrogens (tertiary/aromatic N) is 5. The Kier molecular flexibility index (Phi) is 3.50. The molecule has 0 atom stereocenters. The van der Waals surface area contributed by atoms with Crippen molar-refractivity contribution in [3.63, 3.8) is 0 Å². The lowest BCUT2D eigenvalue weighted by Crippen LogP contribution is -2.19. The van der Waals surface area contributed by atoms with Crippen molar-refractivity contribution in [1.82, 2.24) is 25.2 Å². The number of rotatable bonds is 3. The Hall–Kier alpha value is -1.73. The van der Waals surface area contributed by atoms with E-state index < -0.39 is 0 Å². The lowest BCUT2D eigenvalue weighted by molar-refractivity contribution is -0.116. The van der Waals surface area contributed by atoms with Crippen molar-refractivity contribution < 1.29 is 4.79 Å². The quantitative estimate of drug-likeness (QED) is 0.902. The number of amides is 1. The first kappa shape index (κ1) is 11.7. The maximum absolute atomic E-state index is 11.5. The third-order valence-electron chi connectivity index (χ3n) is 1.77. The number of nitrogens with one attached hydrogen (secondary N) is 1. The molecule has 0 fully saturated rings. The predicted octanol–water partition coefficient (Wildman–Crippen LogP) is 1.01. The van der Waals surface area contributed by atoms with Gasteiger partial charge >= 0.3 is 0 Å². The van der Waals surface area contributed by atoms with Crippen LogP contribution >= 0.6 is 23.2 Å². The number of tetrazole rings is 1. The average molecular weight is 273 g/mol. The third-order valence-corrected chi connectivity index (χ3v) is 2.48. The maximum Gasteiger partial charge on any atom is 0.247 e. The molecule has 0 radical (unpaired) electrons. The summed E-state index contributed by atoms with van der Waals surface area (Å²) in [5, 5.41) is 13.6. The van der Waals surface area contributed by atoms with Crippen molar-refractivity contribution >= 4 is 34.9 Å². The summed E-state index contributed by atoms with van der Waals surface area (Å²) in [6, 6.07) is 1.46. The second-order valence-corrected chi connectivity index (χ2v) is 3.85. The molecule has 0 aromatic carbocycles. The fourth-order valence-corrected chi connectivity index (χ4v) is 1.32. The van der Waals surface area contributed by atoms with Crippen molar-refractivity contribution in [2.45, 2.75) is 6.54 Å². The molecule has 7 nitrogen and oxygen atoms in total. The molecule has 0 aliphatic heterocycles. The van der Waals surface area contributed by atoms with Gasteiger partial charge in [0.05, 0.1) is 10.0 Å². The first-order valence-electron chi connectivity index (χ1n) is 4.47. The molecule has 17 heavy (non-hydrogen) atoms. The van der Waals surface area contributed by atoms with Crippen molar-refractivity contribution in [2.75, 3.05) is 5.32 Å². The molecule has 2 aromatic rings. The van der Waals surface area contributed by atoms with Gasteiger partial charge in [0.2, 0.25) is 5.91 Å². The van der Waals surface area contributed by atoms with Gasteiger partial charge in [0, 0.05) is 12.3 Å². The largest absolute Gasteiger partial charge is 0.309 e. The van der Waals surface area contributed by atoms with Gasteiger partial charge in [-0.2, -0.15) is 0 Å². The summed E-state index contributed by atoms with van der Waals surface area (Å²) in [7, 11) is 0. The highest BCUT2D eigenvalue weighted by atomic mass is 35.5. The Morgan fingerprint density at radius 1 is 1.41 bits per heavy atom. The van der Waals surface area contributed by atoms with Gasteiger partial charge in [0.15, 0.2) is 0 Å². The highest BCUT2D eigenvalue weighted by Gasteiger charge is 2.07. The van der Waals surface area contributed by atoms with E-state index in [4.69, 9.17) is 23.2 Å². The van der Waals surface area contributed by atoms with Gasteiger partial charge < -0.3 is 5.32 Å². The number of carbonyl (C=O) groups excluding carboxylic acids is 1. The highest BCUT2D eigenvalue weighted by molar-refractivity contribution is 6.42. The molecule has 2 aromatic heterocycles. The van der Waals surface area contributed by atoms with E-state index in [1.165, 1.54) is 23.3 Å². The van der Waals surface area contributed by atoms with E-state index in [1.807, 2.05) is 0 Å². The SMILES string of the molecule is O=C(Cn1cnnn1)Nc1cc(Cl)c(Cl)cn1. The Bertz CT molecular complexity index is 529. The molecule has 0 saturated carbocycles. The Morgan fingerprint density at radius 2 is 2.24 bits per heavy atom.